The van der Waals surface area contributed by atoms with Crippen LogP contribution in [0.4, 0.5) is 0 Å². The number of aromatic carboxylic acids is 1. The highest BCUT2D eigenvalue weighted by Crippen LogP contribution is 2.32. The van der Waals surface area contributed by atoms with E-state index in [1.54, 1.807) is 6.07 Å². The van der Waals surface area contributed by atoms with Gasteiger partial charge in [-0.15, -0.1) is 0 Å². The predicted molar refractivity (Wildman–Crippen MR) is 118 cm³/mol. The number of carbonyl (C=O) groups excluding carboxylic acids is 4. The molecule has 0 radical (unpaired) electrons. The lowest BCUT2D eigenvalue weighted by atomic mass is 9.98. The minimum Gasteiger partial charge on any atom is -0.477 e. The van der Waals surface area contributed by atoms with E-state index in [0.717, 1.165) is 20.8 Å². The van der Waals surface area contributed by atoms with Crippen LogP contribution in [-0.2, 0) is 42.9 Å². The summed E-state index contributed by atoms with van der Waals surface area (Å²) in [6.07, 6.45) is -6.64. The summed E-state index contributed by atoms with van der Waals surface area (Å²) in [7, 11) is 0. The van der Waals surface area contributed by atoms with Crippen molar-refractivity contribution in [2.24, 2.45) is 0 Å². The summed E-state index contributed by atoms with van der Waals surface area (Å²) in [6.45, 7) is 4.12. The third-order valence-corrected chi connectivity index (χ3v) is 5.02. The van der Waals surface area contributed by atoms with E-state index in [4.69, 9.17) is 28.4 Å². The number of carboxylic acid groups (broad SMARTS) is 1. The van der Waals surface area contributed by atoms with Gasteiger partial charge in [0.2, 0.25) is 12.4 Å². The van der Waals surface area contributed by atoms with E-state index in [1.165, 1.54) is 25.1 Å². The summed E-state index contributed by atoms with van der Waals surface area (Å²) in [4.78, 5) is 61.0. The van der Waals surface area contributed by atoms with Gasteiger partial charge in [-0.3, -0.25) is 19.2 Å². The van der Waals surface area contributed by atoms with Crippen molar-refractivity contribution < 1.29 is 57.5 Å². The lowest BCUT2D eigenvalue weighted by Gasteiger charge is -2.43. The Kier molecular flexibility index (Phi) is 8.14. The Morgan fingerprint density at radius 3 is 2.06 bits per heavy atom. The second-order valence-corrected chi connectivity index (χ2v) is 7.92. The molecule has 0 amide bonds. The van der Waals surface area contributed by atoms with E-state index in [0.29, 0.717) is 10.9 Å². The summed E-state index contributed by atoms with van der Waals surface area (Å²) in [6, 6.07) is 6.06. The molecule has 2 aromatic rings. The molecule has 1 aromatic heterocycles. The van der Waals surface area contributed by atoms with Gasteiger partial charge in [0.05, 0.1) is 0 Å². The van der Waals surface area contributed by atoms with Gasteiger partial charge in [0, 0.05) is 44.7 Å². The molecule has 1 aromatic carbocycles. The average Bonchev–Trinajstić information content (AvgIpc) is 3.19. The highest BCUT2D eigenvalue weighted by molar-refractivity contribution is 5.94. The fourth-order valence-electron chi connectivity index (χ4n) is 3.71. The van der Waals surface area contributed by atoms with E-state index < -0.39 is 67.2 Å². The number of rotatable bonds is 8. The van der Waals surface area contributed by atoms with Gasteiger partial charge < -0.3 is 38.5 Å². The second kappa shape index (κ2) is 11.1. The quantitative estimate of drug-likeness (QED) is 0.388. The normalized spacial score (nSPS) is 23.4. The Morgan fingerprint density at radius 1 is 0.861 bits per heavy atom. The number of hydrogen-bond donors (Lipinski definition) is 2. The lowest BCUT2D eigenvalue weighted by Crippen LogP contribution is -2.63. The van der Waals surface area contributed by atoms with E-state index in [1.807, 2.05) is 0 Å². The Morgan fingerprint density at radius 2 is 1.47 bits per heavy atom. The molecule has 1 unspecified atom stereocenters. The van der Waals surface area contributed by atoms with Gasteiger partial charge in [-0.25, -0.2) is 4.79 Å². The number of carboxylic acids is 1. The number of aromatic nitrogens is 1. The molecule has 36 heavy (non-hydrogen) atoms. The van der Waals surface area contributed by atoms with Gasteiger partial charge in [0.25, 0.3) is 0 Å². The largest absolute Gasteiger partial charge is 0.477 e. The topological polar surface area (TPSA) is 177 Å². The molecule has 0 saturated carbocycles. The molecular formula is C23H25NO12. The first-order valence-electron chi connectivity index (χ1n) is 10.8. The number of nitrogens with one attached hydrogen (secondary N) is 1. The van der Waals surface area contributed by atoms with Crippen LogP contribution in [0.2, 0.25) is 0 Å². The maximum atomic E-state index is 11.9. The summed E-state index contributed by atoms with van der Waals surface area (Å²) in [5.41, 5.74) is 0.407. The summed E-state index contributed by atoms with van der Waals surface area (Å²) >= 11 is 0. The number of aromatic amines is 1. The Balaban J connectivity index is 1.99. The van der Waals surface area contributed by atoms with E-state index in [2.05, 4.69) is 4.98 Å². The molecule has 1 saturated heterocycles. The van der Waals surface area contributed by atoms with Crippen LogP contribution in [0.1, 0.15) is 38.2 Å². The molecule has 0 aliphatic carbocycles. The van der Waals surface area contributed by atoms with Gasteiger partial charge in [0.15, 0.2) is 12.2 Å². The first-order valence-corrected chi connectivity index (χ1v) is 10.8. The third kappa shape index (κ3) is 6.50. The van der Waals surface area contributed by atoms with Crippen LogP contribution < -0.4 is 4.74 Å². The summed E-state index contributed by atoms with van der Waals surface area (Å²) in [5, 5.41) is 9.80. The fourth-order valence-corrected chi connectivity index (χ4v) is 3.71. The molecule has 1 aliphatic heterocycles. The van der Waals surface area contributed by atoms with Crippen molar-refractivity contribution in [3.8, 4) is 5.75 Å². The molecule has 13 heteroatoms. The van der Waals surface area contributed by atoms with Crippen molar-refractivity contribution >= 4 is 40.7 Å². The predicted octanol–water partition coefficient (Wildman–Crippen LogP) is 1.33. The van der Waals surface area contributed by atoms with Gasteiger partial charge in [-0.1, -0.05) is 0 Å². The molecule has 194 valence electrons. The number of carbonyl (C=O) groups is 5. The van der Waals surface area contributed by atoms with Crippen molar-refractivity contribution in [2.75, 3.05) is 6.61 Å². The van der Waals surface area contributed by atoms with Crippen molar-refractivity contribution in [2.45, 2.75) is 58.4 Å². The van der Waals surface area contributed by atoms with E-state index >= 15 is 0 Å². The Bertz CT molecular complexity index is 1170. The van der Waals surface area contributed by atoms with Crippen LogP contribution in [-0.4, -0.2) is 77.2 Å². The molecule has 13 nitrogen and oxygen atoms in total. The van der Waals surface area contributed by atoms with E-state index in [9.17, 15) is 29.1 Å². The highest BCUT2D eigenvalue weighted by Gasteiger charge is 2.53. The standard InChI is InChI=1S/C23H25NO12/c1-10(25)31-9-18-19(32-11(2)26)20(33-12(3)27)21(34-13(4)28)23(36-18)35-15-6-5-14-7-17(22(29)30)24-16(14)8-15/h5-8,18-21,23-24H,9H2,1-4H3,(H,29,30)/t18-,19+,20+,21-,23?/m1/s1. The molecule has 3 rings (SSSR count). The molecule has 0 bridgehead atoms. The van der Waals surface area contributed by atoms with Crippen molar-refractivity contribution in [1.29, 1.82) is 0 Å². The highest BCUT2D eigenvalue weighted by atomic mass is 16.7. The molecule has 1 aliphatic rings. The van der Waals surface area contributed by atoms with Gasteiger partial charge in [-0.05, 0) is 18.2 Å². The Labute approximate surface area is 204 Å². The molecule has 2 N–H and O–H groups in total. The number of H-pyrrole nitrogens is 1. The number of hydrogen-bond acceptors (Lipinski definition) is 11. The van der Waals surface area contributed by atoms with Crippen LogP contribution >= 0.6 is 0 Å². The van der Waals surface area contributed by atoms with Crippen LogP contribution in [0.15, 0.2) is 24.3 Å². The van der Waals surface area contributed by atoms with Crippen LogP contribution in [0.25, 0.3) is 10.9 Å². The SMILES string of the molecule is CC(=O)OC[C@H]1OC(Oc2ccc3cc(C(=O)O)[nH]c3c2)[C@H](OC(C)=O)[C@@H](OC(C)=O)[C@H]1OC(C)=O. The first kappa shape index (κ1) is 26.5. The zero-order valence-electron chi connectivity index (χ0n) is 19.8. The summed E-state index contributed by atoms with van der Waals surface area (Å²) < 4.78 is 32.8. The Hall–Kier alpha value is -4.13. The minimum atomic E-state index is -1.41. The van der Waals surface area contributed by atoms with Gasteiger partial charge >= 0.3 is 29.8 Å². The average molecular weight is 507 g/mol. The molecule has 1 fully saturated rings. The molecule has 5 atom stereocenters. The maximum Gasteiger partial charge on any atom is 0.352 e. The number of ether oxygens (including phenoxy) is 6. The fraction of sp³-hybridized carbons (Fsp3) is 0.435. The third-order valence-electron chi connectivity index (χ3n) is 5.02. The first-order chi connectivity index (χ1) is 16.9. The number of fused-ring (bicyclic) bond motifs is 1. The van der Waals surface area contributed by atoms with Crippen molar-refractivity contribution in [3.05, 3.63) is 30.0 Å². The van der Waals surface area contributed by atoms with Gasteiger partial charge in [-0.2, -0.15) is 0 Å². The smallest absolute Gasteiger partial charge is 0.352 e. The van der Waals surface area contributed by atoms with Crippen molar-refractivity contribution in [3.63, 3.8) is 0 Å². The second-order valence-electron chi connectivity index (χ2n) is 7.92. The minimum absolute atomic E-state index is 0.0329. The monoisotopic (exact) mass is 507 g/mol. The van der Waals surface area contributed by atoms with Crippen LogP contribution in [0.5, 0.6) is 5.75 Å². The van der Waals surface area contributed by atoms with Crippen molar-refractivity contribution in [1.82, 2.24) is 4.98 Å². The molecule has 0 spiro atoms. The van der Waals surface area contributed by atoms with Gasteiger partial charge in [0.1, 0.15) is 24.2 Å². The van der Waals surface area contributed by atoms with E-state index in [-0.39, 0.29) is 11.4 Å². The number of benzene rings is 1. The zero-order valence-corrected chi connectivity index (χ0v) is 19.8. The lowest BCUT2D eigenvalue weighted by molar-refractivity contribution is -0.288. The van der Waals surface area contributed by atoms with Crippen LogP contribution in [0.3, 0.4) is 0 Å². The maximum absolute atomic E-state index is 11.9. The zero-order chi connectivity index (χ0) is 26.6. The number of esters is 4. The summed E-state index contributed by atoms with van der Waals surface area (Å²) in [5.74, 6) is -3.89. The molecule has 2 heterocycles. The molecular weight excluding hydrogens is 482 g/mol. The van der Waals surface area contributed by atoms with Crippen LogP contribution in [0, 0.1) is 0 Å².